The van der Waals surface area contributed by atoms with Crippen molar-refractivity contribution in [1.29, 1.82) is 0 Å². The minimum Gasteiger partial charge on any atom is -0.480 e. The Morgan fingerprint density at radius 3 is 3.23 bits per heavy atom. The predicted molar refractivity (Wildman–Crippen MR) is 86.7 cm³/mol. The monoisotopic (exact) mass is 363 g/mol. The number of rotatable bonds is 5. The molecule has 0 radical (unpaired) electrons. The zero-order valence-corrected chi connectivity index (χ0v) is 13.9. The maximum absolute atomic E-state index is 12.2. The van der Waals surface area contributed by atoms with E-state index < -0.39 is 6.10 Å². The number of imidazole rings is 1. The number of aromatic nitrogens is 2. The van der Waals surface area contributed by atoms with Gasteiger partial charge in [-0.05, 0) is 29.7 Å². The summed E-state index contributed by atoms with van der Waals surface area (Å²) in [6, 6.07) is 5.82. The van der Waals surface area contributed by atoms with Crippen molar-refractivity contribution in [3.63, 3.8) is 0 Å². The molecule has 2 unspecified atom stereocenters. The van der Waals surface area contributed by atoms with Crippen molar-refractivity contribution in [3.05, 3.63) is 47.0 Å². The predicted octanol–water partition coefficient (Wildman–Crippen LogP) is 2.40. The molecule has 1 amide bonds. The summed E-state index contributed by atoms with van der Waals surface area (Å²) in [7, 11) is 0. The van der Waals surface area contributed by atoms with E-state index in [1.807, 2.05) is 29.0 Å². The summed E-state index contributed by atoms with van der Waals surface area (Å²) in [5.74, 6) is 1.08. The summed E-state index contributed by atoms with van der Waals surface area (Å²) >= 11 is 3.44. The largest absolute Gasteiger partial charge is 0.480 e. The first kappa shape index (κ1) is 15.1. The summed E-state index contributed by atoms with van der Waals surface area (Å²) in [6.07, 6.45) is 5.66. The van der Waals surface area contributed by atoms with E-state index in [2.05, 4.69) is 33.2 Å². The van der Waals surface area contributed by atoms with Crippen LogP contribution in [0.25, 0.3) is 0 Å². The van der Waals surface area contributed by atoms with Crippen LogP contribution in [-0.2, 0) is 17.8 Å². The van der Waals surface area contributed by atoms with Gasteiger partial charge in [0.2, 0.25) is 0 Å². The van der Waals surface area contributed by atoms with Crippen molar-refractivity contribution in [3.8, 4) is 5.75 Å². The molecular formula is C16H18BrN3O2. The molecule has 1 aromatic heterocycles. The smallest absolute Gasteiger partial charge is 0.261 e. The molecule has 2 heterocycles. The van der Waals surface area contributed by atoms with Gasteiger partial charge in [0, 0.05) is 36.4 Å². The van der Waals surface area contributed by atoms with Crippen LogP contribution in [0.2, 0.25) is 0 Å². The lowest BCUT2D eigenvalue weighted by Crippen LogP contribution is -2.39. The first-order valence-corrected chi connectivity index (χ1v) is 8.09. The van der Waals surface area contributed by atoms with Crippen LogP contribution in [0.1, 0.15) is 12.5 Å². The van der Waals surface area contributed by atoms with E-state index in [-0.39, 0.29) is 5.91 Å². The van der Waals surface area contributed by atoms with Crippen molar-refractivity contribution >= 4 is 21.8 Å². The number of hydrogen-bond donors (Lipinski definition) is 1. The highest BCUT2D eigenvalue weighted by Crippen LogP contribution is 2.31. The first-order valence-electron chi connectivity index (χ1n) is 7.30. The van der Waals surface area contributed by atoms with Crippen molar-refractivity contribution in [2.75, 3.05) is 6.54 Å². The molecular weight excluding hydrogens is 346 g/mol. The van der Waals surface area contributed by atoms with Crippen LogP contribution in [0.3, 0.4) is 0 Å². The van der Waals surface area contributed by atoms with Gasteiger partial charge in [0.1, 0.15) is 5.75 Å². The Morgan fingerprint density at radius 2 is 2.45 bits per heavy atom. The van der Waals surface area contributed by atoms with E-state index >= 15 is 0 Å². The summed E-state index contributed by atoms with van der Waals surface area (Å²) in [4.78, 5) is 16.3. The lowest BCUT2D eigenvalue weighted by Gasteiger charge is -2.15. The zero-order valence-electron chi connectivity index (χ0n) is 12.3. The molecule has 2 atom stereocenters. The summed E-state index contributed by atoms with van der Waals surface area (Å²) in [5, 5.41) is 2.98. The van der Waals surface area contributed by atoms with Crippen LogP contribution in [0.15, 0.2) is 41.4 Å². The Kier molecular flexibility index (Phi) is 4.47. The second kappa shape index (κ2) is 6.52. The molecule has 1 aromatic carbocycles. The van der Waals surface area contributed by atoms with Crippen LogP contribution < -0.4 is 10.1 Å². The molecule has 2 aromatic rings. The number of carbonyl (C=O) groups is 1. The highest BCUT2D eigenvalue weighted by Gasteiger charge is 2.29. The molecule has 0 saturated heterocycles. The van der Waals surface area contributed by atoms with Crippen LogP contribution in [0.4, 0.5) is 0 Å². The number of hydrogen-bond acceptors (Lipinski definition) is 3. The number of nitrogens with zero attached hydrogens (tertiary/aromatic N) is 2. The van der Waals surface area contributed by atoms with E-state index in [1.54, 1.807) is 12.5 Å². The van der Waals surface area contributed by atoms with Crippen molar-refractivity contribution in [1.82, 2.24) is 14.9 Å². The molecule has 5 nitrogen and oxygen atoms in total. The Morgan fingerprint density at radius 1 is 1.59 bits per heavy atom. The van der Waals surface area contributed by atoms with Crippen molar-refractivity contribution in [2.45, 2.75) is 26.0 Å². The Bertz CT molecular complexity index is 657. The molecule has 0 fully saturated rings. The fourth-order valence-electron chi connectivity index (χ4n) is 2.57. The van der Waals surface area contributed by atoms with Gasteiger partial charge in [0.15, 0.2) is 6.10 Å². The second-order valence-corrected chi connectivity index (χ2v) is 6.59. The van der Waals surface area contributed by atoms with E-state index in [0.717, 1.165) is 22.3 Å². The third-order valence-corrected chi connectivity index (χ3v) is 4.19. The molecule has 0 aliphatic carbocycles. The molecule has 1 aliphatic heterocycles. The molecule has 1 aliphatic rings. The van der Waals surface area contributed by atoms with Gasteiger partial charge in [0.25, 0.3) is 5.91 Å². The highest BCUT2D eigenvalue weighted by molar-refractivity contribution is 9.10. The normalized spacial score (nSPS) is 17.6. The molecule has 22 heavy (non-hydrogen) atoms. The van der Waals surface area contributed by atoms with Crippen molar-refractivity contribution in [2.24, 2.45) is 5.92 Å². The van der Waals surface area contributed by atoms with Crippen LogP contribution in [-0.4, -0.2) is 28.1 Å². The highest BCUT2D eigenvalue weighted by atomic mass is 79.9. The average molecular weight is 364 g/mol. The first-order chi connectivity index (χ1) is 10.6. The maximum Gasteiger partial charge on any atom is 0.261 e. The van der Waals surface area contributed by atoms with Gasteiger partial charge >= 0.3 is 0 Å². The molecule has 6 heteroatoms. The van der Waals surface area contributed by atoms with Crippen LogP contribution >= 0.6 is 15.9 Å². The lowest BCUT2D eigenvalue weighted by molar-refractivity contribution is -0.127. The van der Waals surface area contributed by atoms with E-state index in [0.29, 0.717) is 18.9 Å². The molecule has 0 bridgehead atoms. The Balaban J connectivity index is 1.49. The van der Waals surface area contributed by atoms with Crippen LogP contribution in [0.5, 0.6) is 5.75 Å². The number of carbonyl (C=O) groups excluding carboxylic acids is 1. The molecule has 1 N–H and O–H groups in total. The topological polar surface area (TPSA) is 56.1 Å². The summed E-state index contributed by atoms with van der Waals surface area (Å²) in [5.41, 5.74) is 1.07. The van der Waals surface area contributed by atoms with E-state index in [4.69, 9.17) is 4.74 Å². The van der Waals surface area contributed by atoms with E-state index in [1.165, 1.54) is 0 Å². The standard InChI is InChI=1S/C16H18BrN3O2/c1-11(9-20-5-4-18-10-20)8-19-16(21)15-7-12-6-13(17)2-3-14(12)22-15/h2-6,10-11,15H,7-9H2,1H3,(H,19,21). The summed E-state index contributed by atoms with van der Waals surface area (Å²) in [6.45, 7) is 3.55. The van der Waals surface area contributed by atoms with Gasteiger partial charge in [-0.3, -0.25) is 4.79 Å². The molecule has 3 rings (SSSR count). The van der Waals surface area contributed by atoms with E-state index in [9.17, 15) is 4.79 Å². The number of halogens is 1. The maximum atomic E-state index is 12.2. The number of benzene rings is 1. The fourth-order valence-corrected chi connectivity index (χ4v) is 2.98. The molecule has 0 spiro atoms. The Hall–Kier alpha value is -1.82. The third kappa shape index (κ3) is 3.50. The van der Waals surface area contributed by atoms with Gasteiger partial charge in [0.05, 0.1) is 6.33 Å². The van der Waals surface area contributed by atoms with Crippen LogP contribution in [0, 0.1) is 5.92 Å². The van der Waals surface area contributed by atoms with Gasteiger partial charge in [-0.2, -0.15) is 0 Å². The van der Waals surface area contributed by atoms with Gasteiger partial charge in [-0.15, -0.1) is 0 Å². The zero-order chi connectivity index (χ0) is 15.5. The summed E-state index contributed by atoms with van der Waals surface area (Å²) < 4.78 is 8.73. The third-order valence-electron chi connectivity index (χ3n) is 3.70. The second-order valence-electron chi connectivity index (χ2n) is 5.67. The quantitative estimate of drug-likeness (QED) is 0.887. The van der Waals surface area contributed by atoms with Gasteiger partial charge in [-0.1, -0.05) is 22.9 Å². The molecule has 116 valence electrons. The lowest BCUT2D eigenvalue weighted by atomic mass is 10.1. The Labute approximate surface area is 137 Å². The van der Waals surface area contributed by atoms with Gasteiger partial charge in [-0.25, -0.2) is 4.98 Å². The number of nitrogens with one attached hydrogen (secondary N) is 1. The minimum atomic E-state index is -0.426. The average Bonchev–Trinajstić information content (AvgIpc) is 3.13. The fraction of sp³-hybridized carbons (Fsp3) is 0.375. The number of amides is 1. The number of ether oxygens (including phenoxy) is 1. The minimum absolute atomic E-state index is 0.0511. The van der Waals surface area contributed by atoms with Gasteiger partial charge < -0.3 is 14.6 Å². The van der Waals surface area contributed by atoms with Crippen molar-refractivity contribution < 1.29 is 9.53 Å². The SMILES string of the molecule is CC(CNC(=O)C1Cc2cc(Br)ccc2O1)Cn1ccnc1. The molecule has 0 saturated carbocycles. The number of fused-ring (bicyclic) bond motifs is 1.